The first-order chi connectivity index (χ1) is 44.3. The minimum absolute atomic E-state index is 0.0293. The highest BCUT2D eigenvalue weighted by molar-refractivity contribution is 6.00. The van der Waals surface area contributed by atoms with Crippen molar-refractivity contribution in [3.05, 3.63) is 12.2 Å². The summed E-state index contributed by atoms with van der Waals surface area (Å²) in [6, 6.07) is -7.37. The van der Waals surface area contributed by atoms with Gasteiger partial charge in [0.15, 0.2) is 17.3 Å². The van der Waals surface area contributed by atoms with E-state index in [0.717, 1.165) is 4.90 Å². The van der Waals surface area contributed by atoms with E-state index < -0.39 is 190 Å². The van der Waals surface area contributed by atoms with Gasteiger partial charge in [-0.05, 0) is 92.8 Å². The van der Waals surface area contributed by atoms with Crippen LogP contribution in [0.3, 0.4) is 0 Å². The maximum atomic E-state index is 15.4. The molecular formula is C74H127N7O15. The summed E-state index contributed by atoms with van der Waals surface area (Å²) in [5.74, 6) is -15.7. The second kappa shape index (κ2) is 40.0. The molecule has 1 aliphatic rings. The van der Waals surface area contributed by atoms with Gasteiger partial charge in [0.2, 0.25) is 41.4 Å². The number of rotatable bonds is 20. The van der Waals surface area contributed by atoms with Crippen LogP contribution in [0.25, 0.3) is 0 Å². The number of hydrogen-bond acceptors (Lipinski definition) is 15. The SMILES string of the molecule is C/C=C/C[C@@H](C)[C@@H](O)[C@H]1C(=O)N[C@@H](CC)C(=O)C[C@H](C)C(=O)C[C@@H](C(C)(C)CN(C)C(=O)[C@@H](CC(=O)OC)C(C)C)C(=O)C[C@@H](C(C)C)C(=O)N(C)[C@@H](CC(C)C)C(=O)C[C@@H](C)C(=O)N[C@H](C)C(=O)N(C)[C@@H](CC(C)C)C(=O)C[C@@H](CC(C)C)C(=O)N(C)[C@@H](C(C)C)C(=O)N1C. The number of likely N-dealkylation sites (N-methyl/N-ethyl adjacent to an activating group) is 4. The summed E-state index contributed by atoms with van der Waals surface area (Å²) in [6.45, 7) is 35.0. The molecule has 96 heavy (non-hydrogen) atoms. The van der Waals surface area contributed by atoms with Crippen molar-refractivity contribution < 1.29 is 72.2 Å². The molecule has 0 aromatic carbocycles. The summed E-state index contributed by atoms with van der Waals surface area (Å²) in [6.07, 6.45) is 0.951. The highest BCUT2D eigenvalue weighted by Gasteiger charge is 2.46. The van der Waals surface area contributed by atoms with Gasteiger partial charge in [0.05, 0.1) is 43.7 Å². The monoisotopic (exact) mass is 1350 g/mol. The third-order valence-corrected chi connectivity index (χ3v) is 19.5. The molecule has 0 bridgehead atoms. The van der Waals surface area contributed by atoms with Crippen LogP contribution in [-0.4, -0.2) is 197 Å². The maximum Gasteiger partial charge on any atom is 0.306 e. The molecule has 0 radical (unpaired) electrons. The Hall–Kier alpha value is -6.19. The Morgan fingerprint density at radius 2 is 1.10 bits per heavy atom. The standard InChI is InChI=1S/C74H127N7O15/c1-27-29-30-47(15)66(88)65-68(90)76-55(28-2)60(84)34-48(16)58(82)39-54(74(19,20)40-77(21)71(93)53(45(11)12)38-63(87)96-26)59(83)37-52(44(9)10)72(94)79(23)56(32-42(5)6)61(85)35-49(17)67(89)75-50(18)69(91)78(22)57(33-43(7)8)62(86)36-51(31-41(3)4)70(92)80(24)64(46(13)14)73(95)81(65)25/h27,29,41-57,64-66,88H,28,30-40H2,1-26H3,(H,75,89)(H,76,90)/b29-27+/t47-,48+,49-,50-,51-,52+,53+,54-,55+,56+,57+,64+,65+,66-/m1/s1. The molecule has 1 aliphatic heterocycles. The van der Waals surface area contributed by atoms with Crippen molar-refractivity contribution in [2.45, 2.75) is 251 Å². The molecule has 548 valence electrons. The van der Waals surface area contributed by atoms with Crippen molar-refractivity contribution in [3.8, 4) is 0 Å². The molecule has 22 heteroatoms. The fraction of sp³-hybridized carbons (Fsp3) is 0.797. The summed E-state index contributed by atoms with van der Waals surface area (Å²) in [7, 11) is 8.54. The Kier molecular flexibility index (Phi) is 36.6. The molecule has 1 rings (SSSR count). The second-order valence-electron chi connectivity index (χ2n) is 30.9. The van der Waals surface area contributed by atoms with E-state index in [1.807, 2.05) is 41.5 Å². The quantitative estimate of drug-likeness (QED) is 0.0762. The number of hydrogen-bond donors (Lipinski definition) is 3. The average molecular weight is 1350 g/mol. The van der Waals surface area contributed by atoms with Crippen LogP contribution in [0.5, 0.6) is 0 Å². The van der Waals surface area contributed by atoms with Crippen LogP contribution >= 0.6 is 0 Å². The number of ketones is 5. The first kappa shape index (κ1) is 87.8. The summed E-state index contributed by atoms with van der Waals surface area (Å²) < 4.78 is 4.92. The lowest BCUT2D eigenvalue weighted by molar-refractivity contribution is -0.155. The normalized spacial score (nSPS) is 26.4. The third-order valence-electron chi connectivity index (χ3n) is 19.5. The Balaban J connectivity index is 4.45. The van der Waals surface area contributed by atoms with Crippen LogP contribution < -0.4 is 10.6 Å². The number of Topliss-reactive ketones (excluding diaryl/α,β-unsaturated/α-hetero) is 5. The van der Waals surface area contributed by atoms with Crippen LogP contribution in [0.15, 0.2) is 12.2 Å². The van der Waals surface area contributed by atoms with Crippen molar-refractivity contribution in [2.75, 3.05) is 48.9 Å². The van der Waals surface area contributed by atoms with E-state index in [-0.39, 0.29) is 81.6 Å². The van der Waals surface area contributed by atoms with E-state index in [1.54, 1.807) is 95.4 Å². The molecule has 0 aromatic rings. The molecule has 0 spiro atoms. The zero-order valence-corrected chi connectivity index (χ0v) is 63.6. The molecule has 0 aliphatic carbocycles. The number of ether oxygens (including phenoxy) is 1. The first-order valence-electron chi connectivity index (χ1n) is 35.2. The molecule has 14 atom stereocenters. The van der Waals surface area contributed by atoms with E-state index in [9.17, 15) is 48.3 Å². The van der Waals surface area contributed by atoms with Crippen molar-refractivity contribution in [2.24, 2.45) is 82.3 Å². The topological polar surface area (TPSA) is 292 Å². The molecule has 0 saturated carbocycles. The molecule has 22 nitrogen and oxygen atoms in total. The number of nitrogens with one attached hydrogen (secondary N) is 2. The molecule has 1 fully saturated rings. The van der Waals surface area contributed by atoms with Gasteiger partial charge < -0.3 is 45.0 Å². The maximum absolute atomic E-state index is 15.4. The van der Waals surface area contributed by atoms with Gasteiger partial charge in [-0.25, -0.2) is 0 Å². The van der Waals surface area contributed by atoms with Gasteiger partial charge in [0, 0.05) is 103 Å². The molecular weight excluding hydrogens is 1230 g/mol. The minimum atomic E-state index is -1.62. The van der Waals surface area contributed by atoms with E-state index in [0.29, 0.717) is 6.42 Å². The van der Waals surface area contributed by atoms with E-state index >= 15 is 19.2 Å². The predicted octanol–water partition coefficient (Wildman–Crippen LogP) is 8.36. The van der Waals surface area contributed by atoms with Gasteiger partial charge in [-0.15, -0.1) is 0 Å². The summed E-state index contributed by atoms with van der Waals surface area (Å²) in [5.41, 5.74) is -1.20. The minimum Gasteiger partial charge on any atom is -0.469 e. The zero-order valence-electron chi connectivity index (χ0n) is 63.6. The van der Waals surface area contributed by atoms with Crippen LogP contribution in [0, 0.1) is 82.3 Å². The fourth-order valence-electron chi connectivity index (χ4n) is 13.4. The Morgan fingerprint density at radius 3 is 1.57 bits per heavy atom. The van der Waals surface area contributed by atoms with Crippen molar-refractivity contribution in [1.82, 2.24) is 35.1 Å². The number of esters is 1. The number of nitrogens with zero attached hydrogens (tertiary/aromatic N) is 5. The molecule has 1 heterocycles. The lowest BCUT2D eigenvalue weighted by Gasteiger charge is -2.40. The first-order valence-corrected chi connectivity index (χ1v) is 35.2. The molecule has 1 saturated heterocycles. The van der Waals surface area contributed by atoms with Crippen molar-refractivity contribution >= 4 is 76.2 Å². The summed E-state index contributed by atoms with van der Waals surface area (Å²) >= 11 is 0. The molecule has 0 unspecified atom stereocenters. The van der Waals surface area contributed by atoms with Gasteiger partial charge in [0.25, 0.3) is 0 Å². The van der Waals surface area contributed by atoms with Gasteiger partial charge in [-0.1, -0.05) is 137 Å². The van der Waals surface area contributed by atoms with Crippen molar-refractivity contribution in [3.63, 3.8) is 0 Å². The van der Waals surface area contributed by atoms with Crippen molar-refractivity contribution in [1.29, 1.82) is 0 Å². The van der Waals surface area contributed by atoms with Gasteiger partial charge in [-0.3, -0.25) is 62.3 Å². The summed E-state index contributed by atoms with van der Waals surface area (Å²) in [4.78, 5) is 196. The molecule has 0 aromatic heterocycles. The average Bonchev–Trinajstić information content (AvgIpc) is 0.817. The van der Waals surface area contributed by atoms with Crippen LogP contribution in [0.1, 0.15) is 209 Å². The van der Waals surface area contributed by atoms with Crippen LogP contribution in [0.2, 0.25) is 0 Å². The van der Waals surface area contributed by atoms with E-state index in [2.05, 4.69) is 10.6 Å². The van der Waals surface area contributed by atoms with Gasteiger partial charge >= 0.3 is 5.97 Å². The number of aliphatic hydroxyl groups excluding tert-OH is 1. The number of carbonyl (C=O) groups excluding carboxylic acids is 13. The fourth-order valence-corrected chi connectivity index (χ4v) is 13.4. The Bertz CT molecular complexity index is 2700. The smallest absolute Gasteiger partial charge is 0.306 e. The van der Waals surface area contributed by atoms with Crippen LogP contribution in [0.4, 0.5) is 0 Å². The molecule has 3 N–H and O–H groups in total. The Labute approximate surface area is 576 Å². The highest BCUT2D eigenvalue weighted by Crippen LogP contribution is 2.37. The van der Waals surface area contributed by atoms with Crippen LogP contribution in [-0.2, 0) is 67.1 Å². The second-order valence-corrected chi connectivity index (χ2v) is 30.9. The van der Waals surface area contributed by atoms with Gasteiger partial charge in [-0.2, -0.15) is 0 Å². The predicted molar refractivity (Wildman–Crippen MR) is 372 cm³/mol. The number of aliphatic hydroxyl groups is 1. The third kappa shape index (κ3) is 25.6. The lowest BCUT2D eigenvalue weighted by Crippen LogP contribution is -2.62. The Morgan fingerprint density at radius 1 is 0.604 bits per heavy atom. The van der Waals surface area contributed by atoms with E-state index in [4.69, 9.17) is 4.74 Å². The summed E-state index contributed by atoms with van der Waals surface area (Å²) in [5, 5.41) is 17.7. The zero-order chi connectivity index (χ0) is 74.5. The molecule has 7 amide bonds. The van der Waals surface area contributed by atoms with Gasteiger partial charge in [0.1, 0.15) is 29.7 Å². The largest absolute Gasteiger partial charge is 0.469 e. The lowest BCUT2D eigenvalue weighted by atomic mass is 9.70. The number of allylic oxidation sites excluding steroid dienone is 2. The number of amides is 7. The number of methoxy groups -OCH3 is 1. The highest BCUT2D eigenvalue weighted by atomic mass is 16.5. The van der Waals surface area contributed by atoms with E-state index in [1.165, 1.54) is 75.7 Å². The number of carbonyl (C=O) groups is 13.